The molecule has 1 N–H and O–H groups in total. The van der Waals surface area contributed by atoms with Crippen molar-refractivity contribution in [3.63, 3.8) is 0 Å². The monoisotopic (exact) mass is 327 g/mol. The summed E-state index contributed by atoms with van der Waals surface area (Å²) in [5.41, 5.74) is 1.13. The highest BCUT2D eigenvalue weighted by molar-refractivity contribution is 7.99. The van der Waals surface area contributed by atoms with E-state index < -0.39 is 5.97 Å². The first-order valence-electron chi connectivity index (χ1n) is 6.89. The van der Waals surface area contributed by atoms with Gasteiger partial charge in [0.2, 0.25) is 5.91 Å². The number of carbonyl (C=O) groups excluding carboxylic acids is 1. The molecule has 0 atom stereocenters. The van der Waals surface area contributed by atoms with Gasteiger partial charge in [-0.25, -0.2) is 0 Å². The van der Waals surface area contributed by atoms with E-state index in [-0.39, 0.29) is 18.4 Å². The maximum Gasteiger partial charge on any atom is 0.305 e. The van der Waals surface area contributed by atoms with Gasteiger partial charge in [0, 0.05) is 23.4 Å². The van der Waals surface area contributed by atoms with Gasteiger partial charge in [0.25, 0.3) is 0 Å². The first-order chi connectivity index (χ1) is 10.1. The zero-order chi connectivity index (χ0) is 15.2. The third kappa shape index (κ3) is 5.59. The fourth-order valence-corrected chi connectivity index (χ4v) is 3.03. The number of carbonyl (C=O) groups is 2. The van der Waals surface area contributed by atoms with Crippen LogP contribution in [0.3, 0.4) is 0 Å². The van der Waals surface area contributed by atoms with Crippen LogP contribution < -0.4 is 0 Å². The van der Waals surface area contributed by atoms with Crippen LogP contribution in [0.4, 0.5) is 0 Å². The van der Waals surface area contributed by atoms with Crippen molar-refractivity contribution < 1.29 is 14.7 Å². The normalized spacial score (nSPS) is 14.0. The summed E-state index contributed by atoms with van der Waals surface area (Å²) in [6.45, 7) is 0.320. The summed E-state index contributed by atoms with van der Waals surface area (Å²) in [7, 11) is 0. The molecule has 0 bridgehead atoms. The highest BCUT2D eigenvalue weighted by Gasteiger charge is 2.32. The molecule has 0 saturated heterocycles. The van der Waals surface area contributed by atoms with E-state index in [0.717, 1.165) is 24.2 Å². The topological polar surface area (TPSA) is 57.6 Å². The molecular weight excluding hydrogens is 310 g/mol. The molecule has 0 aromatic heterocycles. The Bertz CT molecular complexity index is 502. The highest BCUT2D eigenvalue weighted by Crippen LogP contribution is 2.28. The van der Waals surface area contributed by atoms with E-state index in [9.17, 15) is 9.59 Å². The zero-order valence-electron chi connectivity index (χ0n) is 11.6. The maximum atomic E-state index is 12.2. The minimum Gasteiger partial charge on any atom is -0.481 e. The summed E-state index contributed by atoms with van der Waals surface area (Å²) in [5.74, 6) is 0.319. The van der Waals surface area contributed by atoms with E-state index in [4.69, 9.17) is 16.7 Å². The van der Waals surface area contributed by atoms with Crippen LogP contribution in [-0.2, 0) is 15.3 Å². The average molecular weight is 328 g/mol. The number of rotatable bonds is 8. The summed E-state index contributed by atoms with van der Waals surface area (Å²) in [6.07, 6.45) is 2.00. The van der Waals surface area contributed by atoms with E-state index in [1.54, 1.807) is 16.7 Å². The number of benzene rings is 1. The molecule has 1 aliphatic rings. The second-order valence-electron chi connectivity index (χ2n) is 5.08. The van der Waals surface area contributed by atoms with E-state index in [0.29, 0.717) is 17.3 Å². The van der Waals surface area contributed by atoms with Crippen LogP contribution in [0.5, 0.6) is 0 Å². The van der Waals surface area contributed by atoms with Crippen LogP contribution >= 0.6 is 23.4 Å². The Labute approximate surface area is 133 Å². The molecule has 0 spiro atoms. The summed E-state index contributed by atoms with van der Waals surface area (Å²) in [4.78, 5) is 24.5. The van der Waals surface area contributed by atoms with Gasteiger partial charge in [-0.1, -0.05) is 23.7 Å². The van der Waals surface area contributed by atoms with E-state index in [1.807, 2.05) is 24.3 Å². The lowest BCUT2D eigenvalue weighted by Crippen LogP contribution is -2.36. The zero-order valence-corrected chi connectivity index (χ0v) is 13.2. The number of thioether (sulfide) groups is 1. The summed E-state index contributed by atoms with van der Waals surface area (Å²) in [6, 6.07) is 7.82. The van der Waals surface area contributed by atoms with E-state index in [2.05, 4.69) is 0 Å². The molecule has 4 nitrogen and oxygen atoms in total. The van der Waals surface area contributed by atoms with Gasteiger partial charge in [0.1, 0.15) is 0 Å². The van der Waals surface area contributed by atoms with E-state index in [1.165, 1.54) is 0 Å². The van der Waals surface area contributed by atoms with Crippen LogP contribution in [0.15, 0.2) is 24.3 Å². The minimum absolute atomic E-state index is 0.0179. The van der Waals surface area contributed by atoms with Crippen molar-refractivity contribution >= 4 is 35.2 Å². The molecule has 0 heterocycles. The highest BCUT2D eigenvalue weighted by atomic mass is 35.5. The van der Waals surface area contributed by atoms with Crippen molar-refractivity contribution in [2.75, 3.05) is 12.3 Å². The number of carboxylic acid groups (broad SMARTS) is 1. The van der Waals surface area contributed by atoms with Gasteiger partial charge in [-0.15, -0.1) is 11.8 Å². The lowest BCUT2D eigenvalue weighted by Gasteiger charge is -2.21. The standard InChI is InChI=1S/C15H18ClNO3S/c16-12-3-1-11(2-4-12)9-21-10-14(18)17(13-5-6-13)8-7-15(19)20/h1-4,13H,5-10H2,(H,19,20). The second-order valence-corrected chi connectivity index (χ2v) is 6.50. The van der Waals surface area contributed by atoms with Crippen LogP contribution in [-0.4, -0.2) is 40.2 Å². The van der Waals surface area contributed by atoms with Crippen molar-refractivity contribution in [1.29, 1.82) is 0 Å². The molecule has 21 heavy (non-hydrogen) atoms. The van der Waals surface area contributed by atoms with Crippen molar-refractivity contribution in [3.05, 3.63) is 34.9 Å². The number of carboxylic acids is 1. The SMILES string of the molecule is O=C(O)CCN(C(=O)CSCc1ccc(Cl)cc1)C1CC1. The Hall–Kier alpha value is -1.20. The molecule has 0 radical (unpaired) electrons. The van der Waals surface area contributed by atoms with Crippen LogP contribution in [0.1, 0.15) is 24.8 Å². The predicted octanol–water partition coefficient (Wildman–Crippen LogP) is 3.04. The van der Waals surface area contributed by atoms with Gasteiger partial charge in [0.15, 0.2) is 0 Å². The molecule has 1 amide bonds. The summed E-state index contributed by atoms with van der Waals surface area (Å²) >= 11 is 7.37. The number of halogens is 1. The molecule has 1 saturated carbocycles. The molecule has 114 valence electrons. The Morgan fingerprint density at radius 2 is 1.95 bits per heavy atom. The summed E-state index contributed by atoms with van der Waals surface area (Å²) < 4.78 is 0. The van der Waals surface area contributed by atoms with E-state index >= 15 is 0 Å². The number of hydrogen-bond acceptors (Lipinski definition) is 3. The van der Waals surface area contributed by atoms with Crippen molar-refractivity contribution in [1.82, 2.24) is 4.90 Å². The Balaban J connectivity index is 1.76. The van der Waals surface area contributed by atoms with Crippen molar-refractivity contribution in [3.8, 4) is 0 Å². The molecular formula is C15H18ClNO3S. The molecule has 0 aliphatic heterocycles. The van der Waals surface area contributed by atoms with Crippen LogP contribution in [0.2, 0.25) is 5.02 Å². The smallest absolute Gasteiger partial charge is 0.305 e. The second kappa shape index (κ2) is 7.71. The van der Waals surface area contributed by atoms with Gasteiger partial charge in [-0.3, -0.25) is 9.59 Å². The van der Waals surface area contributed by atoms with Gasteiger partial charge >= 0.3 is 5.97 Å². The third-order valence-corrected chi connectivity index (χ3v) is 4.52. The quantitative estimate of drug-likeness (QED) is 0.797. The fourth-order valence-electron chi connectivity index (χ4n) is 2.03. The van der Waals surface area contributed by atoms with Gasteiger partial charge in [-0.2, -0.15) is 0 Å². The number of aliphatic carboxylic acids is 1. The Morgan fingerprint density at radius 3 is 2.52 bits per heavy atom. The fraction of sp³-hybridized carbons (Fsp3) is 0.467. The lowest BCUT2D eigenvalue weighted by molar-refractivity contribution is -0.138. The van der Waals surface area contributed by atoms with Gasteiger partial charge in [-0.05, 0) is 30.5 Å². The predicted molar refractivity (Wildman–Crippen MR) is 84.6 cm³/mol. The van der Waals surface area contributed by atoms with Gasteiger partial charge < -0.3 is 10.0 Å². The third-order valence-electron chi connectivity index (χ3n) is 3.28. The van der Waals surface area contributed by atoms with Crippen LogP contribution in [0.25, 0.3) is 0 Å². The maximum absolute atomic E-state index is 12.2. The Kier molecular flexibility index (Phi) is 5.94. The molecule has 1 aromatic carbocycles. The van der Waals surface area contributed by atoms with Gasteiger partial charge in [0.05, 0.1) is 12.2 Å². The first kappa shape index (κ1) is 16.2. The van der Waals surface area contributed by atoms with Crippen molar-refractivity contribution in [2.45, 2.75) is 31.1 Å². The molecule has 2 rings (SSSR count). The van der Waals surface area contributed by atoms with Crippen molar-refractivity contribution in [2.24, 2.45) is 0 Å². The lowest BCUT2D eigenvalue weighted by atomic mass is 10.2. The minimum atomic E-state index is -0.859. The average Bonchev–Trinajstić information content (AvgIpc) is 3.25. The molecule has 1 fully saturated rings. The molecule has 0 unspecified atom stereocenters. The number of hydrogen-bond donors (Lipinski definition) is 1. The summed E-state index contributed by atoms with van der Waals surface area (Å²) in [5, 5.41) is 9.44. The molecule has 1 aromatic rings. The Morgan fingerprint density at radius 1 is 1.29 bits per heavy atom. The number of nitrogens with zero attached hydrogens (tertiary/aromatic N) is 1. The molecule has 6 heteroatoms. The first-order valence-corrected chi connectivity index (χ1v) is 8.43. The largest absolute Gasteiger partial charge is 0.481 e. The van der Waals surface area contributed by atoms with Crippen LogP contribution in [0, 0.1) is 0 Å². The number of amides is 1. The molecule has 1 aliphatic carbocycles.